The molecule has 2 aliphatic heterocycles. The summed E-state index contributed by atoms with van der Waals surface area (Å²) >= 11 is 20.7. The molecule has 0 spiro atoms. The number of hydrogen-bond acceptors (Lipinski definition) is 8. The molecule has 1 aromatic heterocycles. The van der Waals surface area contributed by atoms with Crippen LogP contribution in [0.5, 0.6) is 16.7 Å². The fourth-order valence-corrected chi connectivity index (χ4v) is 7.51. The third-order valence-corrected chi connectivity index (χ3v) is 9.82. The van der Waals surface area contributed by atoms with E-state index in [0.717, 1.165) is 53.0 Å². The average Bonchev–Trinajstić information content (AvgIpc) is 3.72. The van der Waals surface area contributed by atoms with E-state index >= 15 is 0 Å². The monoisotopic (exact) mass is 662 g/mol. The van der Waals surface area contributed by atoms with E-state index in [4.69, 9.17) is 49.0 Å². The van der Waals surface area contributed by atoms with Crippen LogP contribution in [-0.2, 0) is 11.3 Å². The number of amides is 1. The highest BCUT2D eigenvalue weighted by Gasteiger charge is 2.41. The maximum atomic E-state index is 14.4. The molecular weight excluding hydrogens is 631 g/mol. The van der Waals surface area contributed by atoms with Gasteiger partial charge in [-0.25, -0.2) is 4.98 Å². The second-order valence-corrected chi connectivity index (χ2v) is 13.2. The number of aromatic nitrogens is 1. The van der Waals surface area contributed by atoms with Gasteiger partial charge in [0, 0.05) is 43.5 Å². The quantitative estimate of drug-likeness (QED) is 0.238. The van der Waals surface area contributed by atoms with Crippen LogP contribution in [0.15, 0.2) is 42.1 Å². The van der Waals surface area contributed by atoms with E-state index in [-0.39, 0.29) is 37.2 Å². The number of hydrogen-bond donors (Lipinski definition) is 2. The molecule has 0 unspecified atom stereocenters. The molecule has 6 rings (SSSR count). The Balaban J connectivity index is 1.21. The van der Waals surface area contributed by atoms with Crippen LogP contribution < -0.4 is 24.8 Å². The molecule has 3 heterocycles. The van der Waals surface area contributed by atoms with E-state index in [9.17, 15) is 4.79 Å². The first-order chi connectivity index (χ1) is 20.8. The van der Waals surface area contributed by atoms with Crippen LogP contribution >= 0.6 is 46.1 Å². The molecule has 1 saturated heterocycles. The normalized spacial score (nSPS) is 19.7. The Labute approximate surface area is 270 Å². The number of nitrogens with zero attached hydrogens (tertiary/aromatic N) is 2. The number of benzene rings is 2. The Bertz CT molecular complexity index is 1520. The highest BCUT2D eigenvalue weighted by atomic mass is 35.5. The molecule has 43 heavy (non-hydrogen) atoms. The minimum Gasteiger partial charge on any atom is -0.495 e. The van der Waals surface area contributed by atoms with E-state index < -0.39 is 0 Å². The smallest absolute Gasteiger partial charge is 0.273 e. The van der Waals surface area contributed by atoms with Crippen molar-refractivity contribution in [2.75, 3.05) is 33.4 Å². The lowest BCUT2D eigenvalue weighted by atomic mass is 9.86. The molecular formula is C31H33Cl3N4O4S. The molecule has 2 fully saturated rings. The van der Waals surface area contributed by atoms with Crippen molar-refractivity contribution in [1.29, 1.82) is 0 Å². The first-order valence-electron chi connectivity index (χ1n) is 14.3. The lowest BCUT2D eigenvalue weighted by molar-refractivity contribution is -0.128. The van der Waals surface area contributed by atoms with Crippen LogP contribution in [0.4, 0.5) is 0 Å². The van der Waals surface area contributed by atoms with Gasteiger partial charge in [-0.15, -0.1) is 0 Å². The van der Waals surface area contributed by atoms with Crippen molar-refractivity contribution in [2.45, 2.75) is 50.9 Å². The summed E-state index contributed by atoms with van der Waals surface area (Å²) in [5.74, 6) is 1.08. The number of carbonyl (C=O) groups excluding carboxylic acids is 1. The summed E-state index contributed by atoms with van der Waals surface area (Å²) in [6, 6.07) is 9.64. The van der Waals surface area contributed by atoms with Gasteiger partial charge in [0.05, 0.1) is 33.1 Å². The Morgan fingerprint density at radius 2 is 1.88 bits per heavy atom. The number of fused-ring (bicyclic) bond motifs is 2. The summed E-state index contributed by atoms with van der Waals surface area (Å²) in [6.45, 7) is 4.40. The highest BCUT2D eigenvalue weighted by molar-refractivity contribution is 7.14. The minimum absolute atomic E-state index is 0.0344. The fraction of sp³-hybridized carbons (Fsp3) is 0.419. The van der Waals surface area contributed by atoms with E-state index in [1.165, 1.54) is 11.3 Å². The van der Waals surface area contributed by atoms with Gasteiger partial charge in [0.15, 0.2) is 5.75 Å². The molecule has 12 heteroatoms. The Morgan fingerprint density at radius 3 is 2.63 bits per heavy atom. The minimum atomic E-state index is -0.0964. The predicted molar refractivity (Wildman–Crippen MR) is 171 cm³/mol. The molecule has 2 aromatic carbocycles. The SMILES string of the molecule is COc1cccc(CN(C(=O)C2=C(c3cnc(OCCOc4c(Cl)cc(C)cc4Cl)s3)C[C@@H]3CNC[C@H]2N3)C2CC2)c1Cl. The summed E-state index contributed by atoms with van der Waals surface area (Å²) in [6.07, 6.45) is 4.49. The molecule has 1 saturated carbocycles. The van der Waals surface area contributed by atoms with Gasteiger partial charge >= 0.3 is 0 Å². The zero-order valence-corrected chi connectivity index (χ0v) is 27.0. The van der Waals surface area contributed by atoms with Crippen LogP contribution in [0.25, 0.3) is 5.57 Å². The Hall–Kier alpha value is -2.53. The molecule has 228 valence electrons. The van der Waals surface area contributed by atoms with Crippen LogP contribution in [0.3, 0.4) is 0 Å². The van der Waals surface area contributed by atoms with E-state index in [0.29, 0.717) is 44.9 Å². The summed E-state index contributed by atoms with van der Waals surface area (Å²) in [5, 5.41) is 9.14. The second-order valence-electron chi connectivity index (χ2n) is 11.0. The Kier molecular flexibility index (Phi) is 9.38. The number of halogens is 3. The zero-order valence-electron chi connectivity index (χ0n) is 23.9. The van der Waals surface area contributed by atoms with E-state index in [1.807, 2.05) is 48.4 Å². The number of ether oxygens (including phenoxy) is 3. The summed E-state index contributed by atoms with van der Waals surface area (Å²) in [5.41, 5.74) is 3.65. The lowest BCUT2D eigenvalue weighted by Crippen LogP contribution is -2.59. The number of aryl methyl sites for hydroxylation is 1. The van der Waals surface area contributed by atoms with Gasteiger partial charge in [-0.3, -0.25) is 4.79 Å². The first-order valence-corrected chi connectivity index (χ1v) is 16.3. The third-order valence-electron chi connectivity index (χ3n) is 7.86. The maximum Gasteiger partial charge on any atom is 0.273 e. The van der Waals surface area contributed by atoms with E-state index in [1.54, 1.807) is 7.11 Å². The fourth-order valence-electron chi connectivity index (χ4n) is 5.69. The molecule has 2 N–H and O–H groups in total. The molecule has 2 bridgehead atoms. The average molecular weight is 664 g/mol. The van der Waals surface area contributed by atoms with Crippen molar-refractivity contribution in [1.82, 2.24) is 20.5 Å². The van der Waals surface area contributed by atoms with Gasteiger partial charge in [0.2, 0.25) is 0 Å². The zero-order chi connectivity index (χ0) is 30.1. The van der Waals surface area contributed by atoms with Gasteiger partial charge in [-0.2, -0.15) is 0 Å². The lowest BCUT2D eigenvalue weighted by Gasteiger charge is -2.40. The largest absolute Gasteiger partial charge is 0.495 e. The van der Waals surface area contributed by atoms with Crippen LogP contribution in [-0.4, -0.2) is 67.3 Å². The van der Waals surface area contributed by atoms with Gasteiger partial charge in [0.25, 0.3) is 11.1 Å². The van der Waals surface area contributed by atoms with Crippen molar-refractivity contribution >= 4 is 57.6 Å². The number of methoxy groups -OCH3 is 1. The molecule has 1 amide bonds. The second kappa shape index (κ2) is 13.2. The molecule has 3 aromatic rings. The van der Waals surface area contributed by atoms with Gasteiger partial charge in [-0.05, 0) is 61.1 Å². The predicted octanol–water partition coefficient (Wildman–Crippen LogP) is 6.16. The summed E-state index contributed by atoms with van der Waals surface area (Å²) in [7, 11) is 1.60. The molecule has 8 nitrogen and oxygen atoms in total. The maximum absolute atomic E-state index is 14.4. The van der Waals surface area contributed by atoms with Crippen molar-refractivity contribution in [3.63, 3.8) is 0 Å². The molecule has 0 radical (unpaired) electrons. The van der Waals surface area contributed by atoms with Crippen molar-refractivity contribution < 1.29 is 19.0 Å². The number of thiazole rings is 1. The molecule has 1 aliphatic carbocycles. The van der Waals surface area contributed by atoms with Crippen molar-refractivity contribution in [3.05, 3.63) is 73.2 Å². The molecule has 2 atom stereocenters. The highest BCUT2D eigenvalue weighted by Crippen LogP contribution is 2.40. The third kappa shape index (κ3) is 6.77. The molecule has 3 aliphatic rings. The summed E-state index contributed by atoms with van der Waals surface area (Å²) in [4.78, 5) is 21.8. The van der Waals surface area contributed by atoms with Gasteiger partial charge in [0.1, 0.15) is 19.0 Å². The number of rotatable bonds is 11. The van der Waals surface area contributed by atoms with Gasteiger partial charge < -0.3 is 29.7 Å². The first kappa shape index (κ1) is 30.5. The van der Waals surface area contributed by atoms with Crippen LogP contribution in [0.2, 0.25) is 15.1 Å². The van der Waals surface area contributed by atoms with Crippen LogP contribution in [0.1, 0.15) is 35.3 Å². The van der Waals surface area contributed by atoms with E-state index in [2.05, 4.69) is 15.6 Å². The number of piperazine rings is 1. The number of carbonyl (C=O) groups is 1. The van der Waals surface area contributed by atoms with Crippen LogP contribution in [0, 0.1) is 6.92 Å². The van der Waals surface area contributed by atoms with Crippen molar-refractivity contribution in [3.8, 4) is 16.7 Å². The standard InChI is InChI=1S/C31H33Cl3N4O4S/c1-17-10-22(32)29(23(33)11-17)41-8-9-42-31-36-15-26(43-31)21-12-19-13-35-14-24(37-19)27(21)30(39)38(20-6-7-20)16-18-4-3-5-25(40-2)28(18)34/h3-5,10-11,15,19-20,24,35,37H,6-9,12-14,16H2,1-2H3/t19-,24-/m1/s1. The van der Waals surface area contributed by atoms with Gasteiger partial charge in [-0.1, -0.05) is 58.3 Å². The van der Waals surface area contributed by atoms with Crippen molar-refractivity contribution in [2.24, 2.45) is 0 Å². The summed E-state index contributed by atoms with van der Waals surface area (Å²) < 4.78 is 17.1. The number of nitrogens with one attached hydrogen (secondary N) is 2. The topological polar surface area (TPSA) is 85.0 Å². The Morgan fingerprint density at radius 1 is 1.12 bits per heavy atom.